The number of carbonyl (C=O) groups is 1. The molecule has 0 bridgehead atoms. The van der Waals surface area contributed by atoms with Crippen molar-refractivity contribution in [3.63, 3.8) is 0 Å². The Morgan fingerprint density at radius 3 is 2.15 bits per heavy atom. The van der Waals surface area contributed by atoms with Crippen molar-refractivity contribution in [3.8, 4) is 11.5 Å². The first kappa shape index (κ1) is 40.8. The predicted octanol–water partition coefficient (Wildman–Crippen LogP) is 3.82. The van der Waals surface area contributed by atoms with Crippen molar-refractivity contribution in [2.45, 2.75) is 57.2 Å². The van der Waals surface area contributed by atoms with E-state index in [0.717, 1.165) is 51.6 Å². The van der Waals surface area contributed by atoms with Crippen molar-refractivity contribution in [2.75, 3.05) is 82.9 Å². The van der Waals surface area contributed by atoms with E-state index >= 15 is 0 Å². The normalized spacial score (nSPS) is 17.1. The summed E-state index contributed by atoms with van der Waals surface area (Å²) in [6.45, 7) is 6.52. The quantitative estimate of drug-likeness (QED) is 0.119. The lowest BCUT2D eigenvalue weighted by atomic mass is 9.95. The van der Waals surface area contributed by atoms with E-state index in [1.54, 1.807) is 17.0 Å². The topological polar surface area (TPSA) is 130 Å². The van der Waals surface area contributed by atoms with Gasteiger partial charge in [-0.15, -0.1) is 0 Å². The summed E-state index contributed by atoms with van der Waals surface area (Å²) in [7, 11) is 2.00. The van der Waals surface area contributed by atoms with Crippen LogP contribution in [0.25, 0.3) is 0 Å². The molecule has 3 aliphatic rings. The summed E-state index contributed by atoms with van der Waals surface area (Å²) in [4.78, 5) is 14.7. The molecule has 2 aromatic carbocycles. The van der Waals surface area contributed by atoms with E-state index in [-0.39, 0.29) is 43.6 Å². The number of ether oxygens (including phenoxy) is 1. The maximum Gasteiger partial charge on any atom is 0.391 e. The lowest BCUT2D eigenvalue weighted by molar-refractivity contribution is -0.179. The van der Waals surface area contributed by atoms with Crippen molar-refractivity contribution < 1.29 is 42.4 Å². The van der Waals surface area contributed by atoms with Crippen LogP contribution in [0.5, 0.6) is 11.5 Å². The van der Waals surface area contributed by atoms with Crippen LogP contribution >= 0.6 is 0 Å². The summed E-state index contributed by atoms with van der Waals surface area (Å²) in [5.74, 6) is -1.25. The average molecular weight is 688 g/mol. The van der Waals surface area contributed by atoms with Crippen LogP contribution < -0.4 is 30.5 Å². The first-order valence-corrected chi connectivity index (χ1v) is 16.6. The number of rotatable bonds is 11. The largest absolute Gasteiger partial charge is 0.506 e. The van der Waals surface area contributed by atoms with Gasteiger partial charge < -0.3 is 45.8 Å². The minimum Gasteiger partial charge on any atom is -0.506 e. The highest BCUT2D eigenvalue weighted by Gasteiger charge is 2.41. The first-order valence-electron chi connectivity index (χ1n) is 16.6. The van der Waals surface area contributed by atoms with Crippen LogP contribution in [0.1, 0.15) is 44.1 Å². The molecule has 3 aliphatic heterocycles. The Bertz CT molecular complexity index is 1170. The number of phenolic OH excluding ortho intramolecular Hbond substituents is 1. The number of aromatic hydroxyl groups is 1. The fourth-order valence-corrected chi connectivity index (χ4v) is 5.86. The summed E-state index contributed by atoms with van der Waals surface area (Å²) in [5, 5.41) is 33.6. The Morgan fingerprint density at radius 2 is 1.56 bits per heavy atom. The number of hydrogen-bond donors (Lipinski definition) is 6. The van der Waals surface area contributed by atoms with Gasteiger partial charge in [0.1, 0.15) is 23.4 Å². The Balaban J connectivity index is 0.000000788. The molecule has 0 aliphatic carbocycles. The average Bonchev–Trinajstić information content (AvgIpc) is 3.70. The summed E-state index contributed by atoms with van der Waals surface area (Å²) in [5.41, 5.74) is 2.19. The predicted molar refractivity (Wildman–Crippen MR) is 180 cm³/mol. The fourth-order valence-electron chi connectivity index (χ4n) is 5.86. The zero-order valence-corrected chi connectivity index (χ0v) is 28.1. The molecule has 0 aromatic heterocycles. The van der Waals surface area contributed by atoms with Gasteiger partial charge in [-0.25, -0.2) is 4.39 Å². The van der Waals surface area contributed by atoms with E-state index < -0.39 is 12.1 Å². The van der Waals surface area contributed by atoms with Gasteiger partial charge in [-0.2, -0.15) is 13.2 Å². The molecule has 3 saturated heterocycles. The smallest absolute Gasteiger partial charge is 0.391 e. The van der Waals surface area contributed by atoms with Gasteiger partial charge in [0.15, 0.2) is 0 Å². The standard InChI is InChI=1S/C28H36F4N4O3.C4H9N.2CH4O/c29-22-16-23(35-13-9-33-10-14-35)18-25(17-22)39-24(5-8-34-19-37)3-1-20-2-4-27(38)26(15-20)36-11-6-21(7-12-36)28(30,31)32;1-2-4-5-3-1;2*1-2/h2,4,15-19,21,24,33,38H,1,3,5-14H2,(H,34,37);5H,1-4H2;2*2H,1H3. The van der Waals surface area contributed by atoms with Crippen LogP contribution in [0, 0.1) is 11.7 Å². The number of alkyl halides is 3. The maximum absolute atomic E-state index is 14.5. The number of phenols is 1. The van der Waals surface area contributed by atoms with Gasteiger partial charge in [-0.05, 0) is 75.4 Å². The van der Waals surface area contributed by atoms with Crippen molar-refractivity contribution >= 4 is 17.8 Å². The SMILES string of the molecule is C1CCNC1.CO.CO.O=CNCCC(CCc1ccc(O)c(N2CCC(C(F)(F)F)CC2)c1)Oc1cc(F)cc(N2CCNCC2)c1. The number of carbonyl (C=O) groups excluding carboxylic acids is 1. The number of aliphatic hydroxyl groups is 2. The Kier molecular flexibility index (Phi) is 19.0. The molecule has 6 N–H and O–H groups in total. The molecule has 0 radical (unpaired) electrons. The minimum absolute atomic E-state index is 0.00359. The van der Waals surface area contributed by atoms with Gasteiger partial charge in [-0.1, -0.05) is 6.07 Å². The highest BCUT2D eigenvalue weighted by atomic mass is 19.4. The molecule has 1 unspecified atom stereocenters. The number of nitrogens with zero attached hydrogens (tertiary/aromatic N) is 2. The number of aryl methyl sites for hydroxylation is 1. The van der Waals surface area contributed by atoms with Crippen LogP contribution in [0.4, 0.5) is 28.9 Å². The number of anilines is 2. The third-order valence-corrected chi connectivity index (χ3v) is 8.39. The second-order valence-electron chi connectivity index (χ2n) is 11.6. The highest BCUT2D eigenvalue weighted by molar-refractivity contribution is 5.59. The molecule has 14 heteroatoms. The molecule has 3 heterocycles. The van der Waals surface area contributed by atoms with Crippen molar-refractivity contribution in [1.29, 1.82) is 0 Å². The molecular weight excluding hydrogens is 634 g/mol. The van der Waals surface area contributed by atoms with E-state index in [0.29, 0.717) is 43.7 Å². The number of piperidine rings is 1. The van der Waals surface area contributed by atoms with Crippen molar-refractivity contribution in [3.05, 3.63) is 47.8 Å². The third-order valence-electron chi connectivity index (χ3n) is 8.39. The number of piperazine rings is 1. The number of aliphatic hydroxyl groups excluding tert-OH is 2. The van der Waals surface area contributed by atoms with Gasteiger partial charge in [0.25, 0.3) is 0 Å². The third kappa shape index (κ3) is 14.0. The summed E-state index contributed by atoms with van der Waals surface area (Å²) in [6, 6.07) is 9.85. The lowest BCUT2D eigenvalue weighted by Gasteiger charge is -2.34. The van der Waals surface area contributed by atoms with Crippen LogP contribution in [-0.2, 0) is 11.2 Å². The van der Waals surface area contributed by atoms with Crippen molar-refractivity contribution in [2.24, 2.45) is 5.92 Å². The van der Waals surface area contributed by atoms with Gasteiger partial charge in [0.05, 0.1) is 11.6 Å². The van der Waals surface area contributed by atoms with Gasteiger partial charge >= 0.3 is 6.18 Å². The zero-order valence-electron chi connectivity index (χ0n) is 28.1. The Labute approximate surface area is 281 Å². The lowest BCUT2D eigenvalue weighted by Crippen LogP contribution is -2.43. The fraction of sp³-hybridized carbons (Fsp3) is 0.618. The Morgan fingerprint density at radius 1 is 0.917 bits per heavy atom. The summed E-state index contributed by atoms with van der Waals surface area (Å²) >= 11 is 0. The second kappa shape index (κ2) is 22.3. The van der Waals surface area contributed by atoms with E-state index in [1.807, 2.05) is 12.1 Å². The van der Waals surface area contributed by atoms with E-state index in [9.17, 15) is 27.5 Å². The minimum atomic E-state index is -4.20. The highest BCUT2D eigenvalue weighted by Crippen LogP contribution is 2.38. The van der Waals surface area contributed by atoms with E-state index in [2.05, 4.69) is 20.9 Å². The molecule has 272 valence electrons. The number of nitrogens with one attached hydrogen (secondary N) is 3. The number of halogens is 4. The maximum atomic E-state index is 14.5. The molecule has 48 heavy (non-hydrogen) atoms. The monoisotopic (exact) mass is 687 g/mol. The Hall–Kier alpha value is -3.33. The van der Waals surface area contributed by atoms with Gasteiger partial charge in [-0.3, -0.25) is 4.79 Å². The molecule has 0 saturated carbocycles. The second-order valence-corrected chi connectivity index (χ2v) is 11.6. The molecule has 2 aromatic rings. The molecular formula is C34H53F4N5O5. The van der Waals surface area contributed by atoms with Crippen LogP contribution in [-0.4, -0.2) is 107 Å². The van der Waals surface area contributed by atoms with Crippen LogP contribution in [0.15, 0.2) is 36.4 Å². The summed E-state index contributed by atoms with van der Waals surface area (Å²) < 4.78 is 59.9. The van der Waals surface area contributed by atoms with Crippen LogP contribution in [0.2, 0.25) is 0 Å². The van der Waals surface area contributed by atoms with E-state index in [1.165, 1.54) is 38.1 Å². The number of benzene rings is 2. The van der Waals surface area contributed by atoms with Gasteiger partial charge in [0.2, 0.25) is 6.41 Å². The first-order chi connectivity index (χ1) is 23.2. The molecule has 3 fully saturated rings. The van der Waals surface area contributed by atoms with Gasteiger partial charge in [0, 0.05) is 84.3 Å². The molecule has 1 atom stereocenters. The molecule has 1 amide bonds. The number of hydrogen-bond acceptors (Lipinski definition) is 9. The van der Waals surface area contributed by atoms with Crippen LogP contribution in [0.3, 0.4) is 0 Å². The summed E-state index contributed by atoms with van der Waals surface area (Å²) in [6.07, 6.45) is 0.502. The van der Waals surface area contributed by atoms with Crippen molar-refractivity contribution in [1.82, 2.24) is 16.0 Å². The number of amides is 1. The molecule has 5 rings (SSSR count). The molecule has 0 spiro atoms. The van der Waals surface area contributed by atoms with E-state index in [4.69, 9.17) is 14.9 Å². The zero-order chi connectivity index (χ0) is 35.4. The molecule has 10 nitrogen and oxygen atoms in total.